The molecule has 0 aliphatic carbocycles. The maximum atomic E-state index is 11.8. The van der Waals surface area contributed by atoms with Gasteiger partial charge in [-0.3, -0.25) is 0 Å². The number of carbonyl (C=O) groups is 2. The lowest BCUT2D eigenvalue weighted by molar-refractivity contribution is -0.144. The van der Waals surface area contributed by atoms with Crippen molar-refractivity contribution in [3.8, 4) is 0 Å². The second-order valence-electron chi connectivity index (χ2n) is 4.17. The van der Waals surface area contributed by atoms with Crippen LogP contribution in [-0.2, 0) is 4.79 Å². The molecular formula is C11H22N2O4. The van der Waals surface area contributed by atoms with E-state index in [2.05, 4.69) is 5.32 Å². The van der Waals surface area contributed by atoms with Gasteiger partial charge in [0.15, 0.2) is 0 Å². The predicted octanol–water partition coefficient (Wildman–Crippen LogP) is 0.652. The van der Waals surface area contributed by atoms with Crippen LogP contribution in [-0.4, -0.2) is 52.3 Å². The highest BCUT2D eigenvalue weighted by atomic mass is 16.4. The summed E-state index contributed by atoms with van der Waals surface area (Å²) < 4.78 is 0. The van der Waals surface area contributed by atoms with Crippen molar-refractivity contribution in [3.05, 3.63) is 0 Å². The molecule has 1 unspecified atom stereocenters. The average molecular weight is 246 g/mol. The van der Waals surface area contributed by atoms with E-state index in [4.69, 9.17) is 10.2 Å². The average Bonchev–Trinajstić information content (AvgIpc) is 2.33. The summed E-state index contributed by atoms with van der Waals surface area (Å²) in [5.41, 5.74) is -1.24. The molecule has 6 heteroatoms. The topological polar surface area (TPSA) is 89.9 Å². The minimum absolute atomic E-state index is 0.164. The fourth-order valence-corrected chi connectivity index (χ4v) is 1.40. The van der Waals surface area contributed by atoms with Crippen LogP contribution in [0.25, 0.3) is 0 Å². The first kappa shape index (κ1) is 15.7. The number of nitrogens with zero attached hydrogens (tertiary/aromatic N) is 1. The van der Waals surface area contributed by atoms with Gasteiger partial charge in [0.1, 0.15) is 5.54 Å². The van der Waals surface area contributed by atoms with Gasteiger partial charge in [0, 0.05) is 7.05 Å². The van der Waals surface area contributed by atoms with Crippen LogP contribution in [0.1, 0.15) is 33.6 Å². The third kappa shape index (κ3) is 3.59. The van der Waals surface area contributed by atoms with Gasteiger partial charge < -0.3 is 20.4 Å². The Kier molecular flexibility index (Phi) is 5.95. The molecule has 0 heterocycles. The standard InChI is InChI=1S/C11H22N2O4/c1-5-11(6-2,9(15)16)12-10(17)13(4)8(3)7-14/h8,14H,5-7H2,1-4H3,(H,12,17)(H,15,16). The van der Waals surface area contributed by atoms with E-state index in [0.717, 1.165) is 0 Å². The molecule has 0 aliphatic heterocycles. The van der Waals surface area contributed by atoms with E-state index in [1.807, 2.05) is 0 Å². The van der Waals surface area contributed by atoms with E-state index in [1.165, 1.54) is 11.9 Å². The highest BCUT2D eigenvalue weighted by Gasteiger charge is 2.37. The Morgan fingerprint density at radius 1 is 1.35 bits per heavy atom. The summed E-state index contributed by atoms with van der Waals surface area (Å²) in [7, 11) is 1.52. The van der Waals surface area contributed by atoms with Gasteiger partial charge in [0.25, 0.3) is 0 Å². The summed E-state index contributed by atoms with van der Waals surface area (Å²) >= 11 is 0. The van der Waals surface area contributed by atoms with Crippen LogP contribution in [0.4, 0.5) is 4.79 Å². The molecule has 0 saturated carbocycles. The zero-order valence-electron chi connectivity index (χ0n) is 10.9. The van der Waals surface area contributed by atoms with Crippen molar-refractivity contribution in [1.29, 1.82) is 0 Å². The Bertz CT molecular complexity index is 277. The first-order chi connectivity index (χ1) is 7.84. The second-order valence-corrected chi connectivity index (χ2v) is 4.17. The number of nitrogens with one attached hydrogen (secondary N) is 1. The van der Waals surface area contributed by atoms with Gasteiger partial charge in [-0.2, -0.15) is 0 Å². The van der Waals surface area contributed by atoms with E-state index in [9.17, 15) is 9.59 Å². The summed E-state index contributed by atoms with van der Waals surface area (Å²) in [6.07, 6.45) is 0.623. The number of hydrogen-bond donors (Lipinski definition) is 3. The van der Waals surface area contributed by atoms with E-state index >= 15 is 0 Å². The van der Waals surface area contributed by atoms with Crippen molar-refractivity contribution in [2.24, 2.45) is 0 Å². The lowest BCUT2D eigenvalue weighted by Gasteiger charge is -2.32. The lowest BCUT2D eigenvalue weighted by atomic mass is 9.93. The number of rotatable bonds is 6. The van der Waals surface area contributed by atoms with Crippen LogP contribution in [0, 0.1) is 0 Å². The first-order valence-electron chi connectivity index (χ1n) is 5.73. The molecule has 0 bridgehead atoms. The van der Waals surface area contributed by atoms with Crippen LogP contribution in [0.3, 0.4) is 0 Å². The Morgan fingerprint density at radius 3 is 2.12 bits per heavy atom. The number of carboxylic acid groups (broad SMARTS) is 1. The molecular weight excluding hydrogens is 224 g/mol. The maximum Gasteiger partial charge on any atom is 0.329 e. The number of carboxylic acids is 1. The molecule has 0 radical (unpaired) electrons. The first-order valence-corrected chi connectivity index (χ1v) is 5.73. The Hall–Kier alpha value is -1.30. The number of likely N-dealkylation sites (N-methyl/N-ethyl adjacent to an activating group) is 1. The molecule has 17 heavy (non-hydrogen) atoms. The normalized spacial score (nSPS) is 13.0. The van der Waals surface area contributed by atoms with Crippen LogP contribution in [0.2, 0.25) is 0 Å². The lowest BCUT2D eigenvalue weighted by Crippen LogP contribution is -2.58. The molecule has 0 aromatic heterocycles. The SMILES string of the molecule is CCC(CC)(NC(=O)N(C)C(C)CO)C(=O)O. The van der Waals surface area contributed by atoms with E-state index < -0.39 is 17.5 Å². The molecule has 100 valence electrons. The molecule has 0 aromatic rings. The quantitative estimate of drug-likeness (QED) is 0.642. The zero-order chi connectivity index (χ0) is 13.6. The molecule has 0 aromatic carbocycles. The molecule has 6 nitrogen and oxygen atoms in total. The molecule has 0 saturated heterocycles. The van der Waals surface area contributed by atoms with Crippen molar-refractivity contribution >= 4 is 12.0 Å². The van der Waals surface area contributed by atoms with Crippen LogP contribution < -0.4 is 5.32 Å². The van der Waals surface area contributed by atoms with E-state index in [-0.39, 0.29) is 12.6 Å². The maximum absolute atomic E-state index is 11.8. The summed E-state index contributed by atoms with van der Waals surface area (Å²) in [4.78, 5) is 24.3. The summed E-state index contributed by atoms with van der Waals surface area (Å²) in [5.74, 6) is -1.04. The minimum atomic E-state index is -1.24. The molecule has 0 spiro atoms. The van der Waals surface area contributed by atoms with Gasteiger partial charge in [-0.25, -0.2) is 9.59 Å². The Balaban J connectivity index is 4.79. The highest BCUT2D eigenvalue weighted by molar-refractivity contribution is 5.86. The van der Waals surface area contributed by atoms with Gasteiger partial charge in [0.05, 0.1) is 12.6 Å². The second kappa shape index (κ2) is 6.44. The van der Waals surface area contributed by atoms with E-state index in [1.54, 1.807) is 20.8 Å². The third-order valence-electron chi connectivity index (χ3n) is 3.21. The molecule has 0 rings (SSSR count). The molecule has 0 aliphatic rings. The van der Waals surface area contributed by atoms with Crippen LogP contribution in [0.15, 0.2) is 0 Å². The molecule has 0 fully saturated rings. The number of aliphatic hydroxyl groups excluding tert-OH is 1. The summed E-state index contributed by atoms with van der Waals surface area (Å²) in [6.45, 7) is 4.95. The van der Waals surface area contributed by atoms with Crippen LogP contribution >= 0.6 is 0 Å². The van der Waals surface area contributed by atoms with Crippen molar-refractivity contribution in [1.82, 2.24) is 10.2 Å². The molecule has 1 atom stereocenters. The van der Waals surface area contributed by atoms with Crippen molar-refractivity contribution < 1.29 is 19.8 Å². The summed E-state index contributed by atoms with van der Waals surface area (Å²) in [6, 6.07) is -0.840. The van der Waals surface area contributed by atoms with Crippen molar-refractivity contribution in [2.45, 2.75) is 45.2 Å². The van der Waals surface area contributed by atoms with Crippen molar-refractivity contribution in [2.75, 3.05) is 13.7 Å². The minimum Gasteiger partial charge on any atom is -0.480 e. The smallest absolute Gasteiger partial charge is 0.329 e. The fourth-order valence-electron chi connectivity index (χ4n) is 1.40. The number of hydrogen-bond acceptors (Lipinski definition) is 3. The number of aliphatic carboxylic acids is 1. The van der Waals surface area contributed by atoms with Crippen LogP contribution in [0.5, 0.6) is 0 Å². The highest BCUT2D eigenvalue weighted by Crippen LogP contribution is 2.16. The number of amides is 2. The number of aliphatic hydroxyl groups is 1. The largest absolute Gasteiger partial charge is 0.480 e. The molecule has 2 amide bonds. The Labute approximate surface area is 102 Å². The zero-order valence-corrected chi connectivity index (χ0v) is 10.9. The van der Waals surface area contributed by atoms with Gasteiger partial charge >= 0.3 is 12.0 Å². The monoisotopic (exact) mass is 246 g/mol. The van der Waals surface area contributed by atoms with Gasteiger partial charge in [-0.05, 0) is 19.8 Å². The third-order valence-corrected chi connectivity index (χ3v) is 3.21. The van der Waals surface area contributed by atoms with Crippen molar-refractivity contribution in [3.63, 3.8) is 0 Å². The fraction of sp³-hybridized carbons (Fsp3) is 0.818. The van der Waals surface area contributed by atoms with Gasteiger partial charge in [0.2, 0.25) is 0 Å². The number of carbonyl (C=O) groups excluding carboxylic acids is 1. The summed E-state index contributed by atoms with van der Waals surface area (Å²) in [5, 5.41) is 20.6. The predicted molar refractivity (Wildman–Crippen MR) is 63.8 cm³/mol. The number of urea groups is 1. The molecule has 3 N–H and O–H groups in total. The van der Waals surface area contributed by atoms with E-state index in [0.29, 0.717) is 12.8 Å². The van der Waals surface area contributed by atoms with Gasteiger partial charge in [-0.1, -0.05) is 13.8 Å². The van der Waals surface area contributed by atoms with Gasteiger partial charge in [-0.15, -0.1) is 0 Å². The Morgan fingerprint density at radius 2 is 1.82 bits per heavy atom.